The largest absolute Gasteiger partial charge is 0.418 e. The van der Waals surface area contributed by atoms with E-state index in [1.807, 2.05) is 0 Å². The van der Waals surface area contributed by atoms with Crippen LogP contribution < -0.4 is 10.6 Å². The average molecular weight is 472 g/mol. The highest BCUT2D eigenvalue weighted by molar-refractivity contribution is 6.00. The molecule has 1 fully saturated rings. The van der Waals surface area contributed by atoms with Crippen LogP contribution >= 0.6 is 0 Å². The molecule has 1 amide bonds. The van der Waals surface area contributed by atoms with Crippen molar-refractivity contribution >= 4 is 23.1 Å². The van der Waals surface area contributed by atoms with E-state index in [0.717, 1.165) is 17.7 Å². The number of amides is 1. The second-order valence-electron chi connectivity index (χ2n) is 8.20. The molecule has 1 heterocycles. The molecule has 34 heavy (non-hydrogen) atoms. The van der Waals surface area contributed by atoms with Gasteiger partial charge in [0.1, 0.15) is 12.1 Å². The van der Waals surface area contributed by atoms with Crippen molar-refractivity contribution in [2.75, 3.05) is 5.32 Å². The van der Waals surface area contributed by atoms with Gasteiger partial charge in [-0.1, -0.05) is 12.1 Å². The van der Waals surface area contributed by atoms with Gasteiger partial charge in [-0.2, -0.15) is 13.2 Å². The van der Waals surface area contributed by atoms with Crippen LogP contribution in [0.2, 0.25) is 0 Å². The molecule has 1 aliphatic rings. The number of carbonyl (C=O) groups is 2. The summed E-state index contributed by atoms with van der Waals surface area (Å²) in [7, 11) is 0. The summed E-state index contributed by atoms with van der Waals surface area (Å²) < 4.78 is 52.8. The first kappa shape index (κ1) is 23.3. The van der Waals surface area contributed by atoms with E-state index in [4.69, 9.17) is 0 Å². The number of carbonyl (C=O) groups excluding carboxylic acids is 2. The number of nitrogens with one attached hydrogen (secondary N) is 2. The lowest BCUT2D eigenvalue weighted by Crippen LogP contribution is -2.33. The molecule has 2 N–H and O–H groups in total. The van der Waals surface area contributed by atoms with E-state index in [1.165, 1.54) is 18.7 Å². The lowest BCUT2D eigenvalue weighted by molar-refractivity contribution is -0.137. The van der Waals surface area contributed by atoms with Crippen LogP contribution in [0.15, 0.2) is 61.2 Å². The van der Waals surface area contributed by atoms with E-state index < -0.39 is 23.0 Å². The van der Waals surface area contributed by atoms with Gasteiger partial charge < -0.3 is 10.6 Å². The summed E-state index contributed by atoms with van der Waals surface area (Å²) in [5, 5.41) is 5.48. The predicted molar refractivity (Wildman–Crippen MR) is 116 cm³/mol. The normalized spacial score (nSPS) is 14.4. The van der Waals surface area contributed by atoms with Crippen molar-refractivity contribution in [3.63, 3.8) is 0 Å². The van der Waals surface area contributed by atoms with Crippen LogP contribution in [0.1, 0.15) is 40.7 Å². The number of benzene rings is 2. The van der Waals surface area contributed by atoms with E-state index in [1.54, 1.807) is 24.3 Å². The van der Waals surface area contributed by atoms with Crippen molar-refractivity contribution in [2.24, 2.45) is 5.41 Å². The first-order chi connectivity index (χ1) is 16.2. The van der Waals surface area contributed by atoms with Crippen LogP contribution in [0.4, 0.5) is 28.9 Å². The molecule has 6 nitrogen and oxygen atoms in total. The number of hydrogen-bond donors (Lipinski definition) is 2. The van der Waals surface area contributed by atoms with Gasteiger partial charge in [0.05, 0.1) is 22.2 Å². The molecule has 1 aliphatic carbocycles. The standard InChI is InChI=1S/C24H20F4N4O2/c25-17-3-6-20(19(9-17)24(26,27)28)32-18-4-1-15(2-5-18)11-31-22(34)23(7-8-23)10-21(33)16-12-29-14-30-13-16/h1-6,9,12-14,32H,7-8,10-11H2,(H,31,34). The summed E-state index contributed by atoms with van der Waals surface area (Å²) >= 11 is 0. The minimum Gasteiger partial charge on any atom is -0.355 e. The van der Waals surface area contributed by atoms with Gasteiger partial charge in [-0.25, -0.2) is 14.4 Å². The maximum Gasteiger partial charge on any atom is 0.418 e. The highest BCUT2D eigenvalue weighted by atomic mass is 19.4. The first-order valence-electron chi connectivity index (χ1n) is 10.5. The number of anilines is 2. The van der Waals surface area contributed by atoms with Gasteiger partial charge >= 0.3 is 6.18 Å². The van der Waals surface area contributed by atoms with E-state index in [9.17, 15) is 27.2 Å². The summed E-state index contributed by atoms with van der Waals surface area (Å²) in [6, 6.07) is 8.87. The van der Waals surface area contributed by atoms with Crippen molar-refractivity contribution in [3.05, 3.63) is 83.7 Å². The van der Waals surface area contributed by atoms with E-state index in [-0.39, 0.29) is 30.3 Å². The zero-order chi connectivity index (χ0) is 24.3. The van der Waals surface area contributed by atoms with Crippen molar-refractivity contribution in [2.45, 2.75) is 32.0 Å². The lowest BCUT2D eigenvalue weighted by Gasteiger charge is -2.16. The third kappa shape index (κ3) is 5.38. The van der Waals surface area contributed by atoms with Crippen LogP contribution in [-0.2, 0) is 17.5 Å². The predicted octanol–water partition coefficient (Wildman–Crippen LogP) is 5.05. The third-order valence-electron chi connectivity index (χ3n) is 5.69. The molecule has 4 rings (SSSR count). The summed E-state index contributed by atoms with van der Waals surface area (Å²) in [6.45, 7) is 0.202. The Kier molecular flexibility index (Phi) is 6.32. The molecule has 1 aromatic heterocycles. The highest BCUT2D eigenvalue weighted by Crippen LogP contribution is 2.49. The summed E-state index contributed by atoms with van der Waals surface area (Å²) in [5.41, 5.74) is -0.631. The fourth-order valence-electron chi connectivity index (χ4n) is 3.58. The van der Waals surface area contributed by atoms with Crippen LogP contribution in [0.25, 0.3) is 0 Å². The number of rotatable bonds is 8. The van der Waals surface area contributed by atoms with Crippen molar-refractivity contribution in [1.82, 2.24) is 15.3 Å². The van der Waals surface area contributed by atoms with Crippen molar-refractivity contribution in [3.8, 4) is 0 Å². The summed E-state index contributed by atoms with van der Waals surface area (Å²) in [4.78, 5) is 32.7. The fourth-order valence-corrected chi connectivity index (χ4v) is 3.58. The maximum absolute atomic E-state index is 13.3. The minimum absolute atomic E-state index is 0.0777. The van der Waals surface area contributed by atoms with Gasteiger partial charge in [-0.15, -0.1) is 0 Å². The molecule has 0 saturated heterocycles. The fraction of sp³-hybridized carbons (Fsp3) is 0.250. The van der Waals surface area contributed by atoms with Gasteiger partial charge in [0.15, 0.2) is 5.78 Å². The van der Waals surface area contributed by atoms with Gasteiger partial charge in [-0.05, 0) is 48.7 Å². The number of hydrogen-bond acceptors (Lipinski definition) is 5. The summed E-state index contributed by atoms with van der Waals surface area (Å²) in [6.07, 6.45) is 0.758. The molecule has 3 aromatic rings. The Balaban J connectivity index is 1.35. The molecule has 0 bridgehead atoms. The minimum atomic E-state index is -4.71. The monoisotopic (exact) mass is 472 g/mol. The molecule has 0 unspecified atom stereocenters. The van der Waals surface area contributed by atoms with E-state index in [0.29, 0.717) is 30.2 Å². The molecule has 2 aromatic carbocycles. The van der Waals surface area contributed by atoms with Gasteiger partial charge in [0.25, 0.3) is 0 Å². The Morgan fingerprint density at radius 1 is 1.00 bits per heavy atom. The molecule has 176 valence electrons. The Labute approximate surface area is 192 Å². The number of alkyl halides is 3. The molecule has 1 saturated carbocycles. The van der Waals surface area contributed by atoms with Crippen molar-refractivity contribution < 1.29 is 27.2 Å². The smallest absolute Gasteiger partial charge is 0.355 e. The molecular formula is C24H20F4N4O2. The number of ketones is 1. The Bertz CT molecular complexity index is 1190. The van der Waals surface area contributed by atoms with Crippen LogP contribution in [0, 0.1) is 11.2 Å². The van der Waals surface area contributed by atoms with Crippen LogP contribution in [0.3, 0.4) is 0 Å². The van der Waals surface area contributed by atoms with Crippen molar-refractivity contribution in [1.29, 1.82) is 0 Å². The number of nitrogens with zero attached hydrogens (tertiary/aromatic N) is 2. The Morgan fingerprint density at radius 2 is 1.68 bits per heavy atom. The van der Waals surface area contributed by atoms with Crippen LogP contribution in [0.5, 0.6) is 0 Å². The maximum atomic E-state index is 13.3. The molecule has 10 heteroatoms. The number of aromatic nitrogens is 2. The summed E-state index contributed by atoms with van der Waals surface area (Å²) in [5.74, 6) is -1.39. The molecule has 0 radical (unpaired) electrons. The molecule has 0 atom stereocenters. The lowest BCUT2D eigenvalue weighted by atomic mass is 9.95. The van der Waals surface area contributed by atoms with E-state index in [2.05, 4.69) is 20.6 Å². The van der Waals surface area contributed by atoms with Gasteiger partial charge in [-0.3, -0.25) is 9.59 Å². The zero-order valence-electron chi connectivity index (χ0n) is 17.8. The average Bonchev–Trinajstić information content (AvgIpc) is 3.60. The highest BCUT2D eigenvalue weighted by Gasteiger charge is 2.51. The zero-order valence-corrected chi connectivity index (χ0v) is 17.8. The quantitative estimate of drug-likeness (QED) is 0.354. The molecule has 0 spiro atoms. The van der Waals surface area contributed by atoms with Gasteiger partial charge in [0, 0.05) is 31.0 Å². The second kappa shape index (κ2) is 9.20. The Hall–Kier alpha value is -3.82. The van der Waals surface area contributed by atoms with Crippen LogP contribution in [-0.4, -0.2) is 21.7 Å². The first-order valence-corrected chi connectivity index (χ1v) is 10.5. The SMILES string of the molecule is O=C(CC1(C(=O)NCc2ccc(Nc3ccc(F)cc3C(F)(F)F)cc2)CC1)c1cncnc1. The number of halogens is 4. The van der Waals surface area contributed by atoms with Gasteiger partial charge in [0.2, 0.25) is 5.91 Å². The van der Waals surface area contributed by atoms with E-state index >= 15 is 0 Å². The number of Topliss-reactive ketones (excluding diaryl/α,β-unsaturated/α-hetero) is 1. The Morgan fingerprint density at radius 3 is 2.29 bits per heavy atom. The third-order valence-corrected chi connectivity index (χ3v) is 5.69. The second-order valence-corrected chi connectivity index (χ2v) is 8.20. The molecule has 0 aliphatic heterocycles. The molecular weight excluding hydrogens is 452 g/mol. The topological polar surface area (TPSA) is 84.0 Å².